The third kappa shape index (κ3) is 13.4. The highest BCUT2D eigenvalue weighted by atomic mass is 28.3. The number of aromatic nitrogens is 2. The van der Waals surface area contributed by atoms with Crippen molar-refractivity contribution in [3.63, 3.8) is 0 Å². The lowest BCUT2D eigenvalue weighted by Gasteiger charge is -2.26. The summed E-state index contributed by atoms with van der Waals surface area (Å²) in [6, 6.07) is 19.1. The third-order valence-electron chi connectivity index (χ3n) is 9.42. The monoisotopic (exact) mass is 600 g/mol. The van der Waals surface area contributed by atoms with E-state index in [4.69, 9.17) is 4.74 Å². The molecule has 4 heteroatoms. The average molecular weight is 601 g/mol. The molecule has 0 unspecified atom stereocenters. The summed E-state index contributed by atoms with van der Waals surface area (Å²) < 4.78 is 5.92. The normalized spacial score (nSPS) is 11.8. The van der Waals surface area contributed by atoms with Crippen molar-refractivity contribution < 1.29 is 4.74 Å². The van der Waals surface area contributed by atoms with Crippen LogP contribution in [0, 0.1) is 0 Å². The molecule has 0 fully saturated rings. The number of aryl methyl sites for hydroxylation is 1. The Morgan fingerprint density at radius 1 is 0.605 bits per heavy atom. The van der Waals surface area contributed by atoms with Crippen LogP contribution in [0.4, 0.5) is 0 Å². The summed E-state index contributed by atoms with van der Waals surface area (Å²) >= 11 is 0. The molecule has 0 aliphatic rings. The first kappa shape index (κ1) is 35.0. The minimum atomic E-state index is -0.964. The van der Waals surface area contributed by atoms with E-state index < -0.39 is 8.07 Å². The average Bonchev–Trinajstić information content (AvgIpc) is 3.02. The van der Waals surface area contributed by atoms with E-state index in [1.54, 1.807) is 0 Å². The molecule has 0 amide bonds. The summed E-state index contributed by atoms with van der Waals surface area (Å²) in [5.41, 5.74) is 5.86. The maximum atomic E-state index is 5.92. The fraction of sp³-hybridized carbons (Fsp3) is 0.590. The predicted molar refractivity (Wildman–Crippen MR) is 190 cm³/mol. The van der Waals surface area contributed by atoms with Crippen molar-refractivity contribution in [1.82, 2.24) is 9.97 Å². The molecule has 3 rings (SSSR count). The molecule has 0 aliphatic heterocycles. The fourth-order valence-electron chi connectivity index (χ4n) is 5.55. The molecule has 0 N–H and O–H groups in total. The van der Waals surface area contributed by atoms with Crippen LogP contribution in [0.1, 0.15) is 116 Å². The highest BCUT2D eigenvalue weighted by Gasteiger charge is 2.23. The van der Waals surface area contributed by atoms with E-state index in [1.165, 1.54) is 113 Å². The summed E-state index contributed by atoms with van der Waals surface area (Å²) in [6.45, 7) is 12.9. The van der Waals surface area contributed by atoms with Gasteiger partial charge in [0.2, 0.25) is 0 Å². The number of rotatable bonds is 22. The summed E-state index contributed by atoms with van der Waals surface area (Å²) in [5, 5.41) is 0. The molecule has 3 aromatic rings. The number of nitrogens with zero attached hydrogens (tertiary/aromatic N) is 2. The van der Waals surface area contributed by atoms with Crippen molar-refractivity contribution in [3.05, 3.63) is 66.5 Å². The first-order valence-corrected chi connectivity index (χ1v) is 20.8. The molecule has 0 saturated carbocycles. The number of unbranched alkanes of at least 4 members (excludes halogenated alkanes) is 12. The first-order chi connectivity index (χ1) is 20.9. The maximum absolute atomic E-state index is 5.92. The minimum Gasteiger partial charge on any atom is -0.490 e. The second kappa shape index (κ2) is 19.7. The van der Waals surface area contributed by atoms with E-state index in [0.29, 0.717) is 0 Å². The molecule has 236 valence electrons. The predicted octanol–water partition coefficient (Wildman–Crippen LogP) is 12.3. The Bertz CT molecular complexity index is 1120. The zero-order valence-electron chi connectivity index (χ0n) is 28.2. The van der Waals surface area contributed by atoms with Gasteiger partial charge in [-0.1, -0.05) is 171 Å². The van der Waals surface area contributed by atoms with Gasteiger partial charge in [0.25, 0.3) is 0 Å². The van der Waals surface area contributed by atoms with Crippen molar-refractivity contribution in [1.29, 1.82) is 0 Å². The molecule has 0 spiro atoms. The zero-order valence-corrected chi connectivity index (χ0v) is 29.2. The van der Waals surface area contributed by atoms with E-state index in [-0.39, 0.29) is 0 Å². The zero-order chi connectivity index (χ0) is 30.8. The highest BCUT2D eigenvalue weighted by molar-refractivity contribution is 6.78. The Morgan fingerprint density at radius 3 is 1.67 bits per heavy atom. The lowest BCUT2D eigenvalue weighted by atomic mass is 10.00. The third-order valence-corrected chi connectivity index (χ3v) is 14.2. The molecule has 3 nitrogen and oxygen atoms in total. The van der Waals surface area contributed by atoms with Gasteiger partial charge >= 0.3 is 0 Å². The van der Waals surface area contributed by atoms with Crippen LogP contribution in [0.2, 0.25) is 24.7 Å². The van der Waals surface area contributed by atoms with Crippen molar-refractivity contribution in [3.8, 4) is 28.3 Å². The largest absolute Gasteiger partial charge is 0.490 e. The molecular formula is C39H60N2OSi. The van der Waals surface area contributed by atoms with Crippen LogP contribution in [-0.2, 0) is 6.42 Å². The van der Waals surface area contributed by atoms with Gasteiger partial charge in [0.1, 0.15) is 0 Å². The van der Waals surface area contributed by atoms with Crippen LogP contribution in [0.5, 0.6) is 5.75 Å². The molecule has 0 radical (unpaired) electrons. The van der Waals surface area contributed by atoms with Gasteiger partial charge in [-0.25, -0.2) is 9.97 Å². The first-order valence-electron chi connectivity index (χ1n) is 17.5. The molecule has 1 aromatic heterocycles. The number of benzene rings is 2. The summed E-state index contributed by atoms with van der Waals surface area (Å²) in [7, 11) is -0.964. The van der Waals surface area contributed by atoms with Gasteiger partial charge in [-0.15, -0.1) is 0 Å². The molecule has 0 saturated heterocycles. The summed E-state index contributed by atoms with van der Waals surface area (Å²) in [6.07, 6.45) is 23.5. The van der Waals surface area contributed by atoms with E-state index in [2.05, 4.69) is 92.4 Å². The van der Waals surface area contributed by atoms with Gasteiger partial charge in [0.15, 0.2) is 11.6 Å². The lowest BCUT2D eigenvalue weighted by molar-refractivity contribution is 0.302. The van der Waals surface area contributed by atoms with Crippen LogP contribution < -0.4 is 4.74 Å². The van der Waals surface area contributed by atoms with E-state index in [1.807, 2.05) is 12.4 Å². The van der Waals surface area contributed by atoms with Gasteiger partial charge in [0, 0.05) is 13.6 Å². The van der Waals surface area contributed by atoms with E-state index in [9.17, 15) is 0 Å². The lowest BCUT2D eigenvalue weighted by Crippen LogP contribution is -2.28. The Kier molecular flexibility index (Phi) is 16.1. The van der Waals surface area contributed by atoms with E-state index >= 15 is 0 Å². The van der Waals surface area contributed by atoms with Crippen molar-refractivity contribution in [2.75, 3.05) is 6.61 Å². The Morgan fingerprint density at radius 2 is 1.09 bits per heavy atom. The van der Waals surface area contributed by atoms with Crippen molar-refractivity contribution in [2.45, 2.75) is 142 Å². The topological polar surface area (TPSA) is 35.0 Å². The second-order valence-electron chi connectivity index (χ2n) is 13.6. The molecule has 1 heterocycles. The van der Waals surface area contributed by atoms with Gasteiger partial charge in [-0.3, -0.25) is 0 Å². The van der Waals surface area contributed by atoms with Gasteiger partial charge in [-0.2, -0.15) is 0 Å². The number of hydrogen-bond donors (Lipinski definition) is 0. The van der Waals surface area contributed by atoms with Crippen LogP contribution in [-0.4, -0.2) is 24.6 Å². The molecule has 0 aliphatic carbocycles. The summed E-state index contributed by atoms with van der Waals surface area (Å²) in [5.74, 6) is 1.50. The molecule has 2 aromatic carbocycles. The smallest absolute Gasteiger partial charge is 0.159 e. The van der Waals surface area contributed by atoms with Crippen LogP contribution >= 0.6 is 0 Å². The number of hydrogen-bond acceptors (Lipinski definition) is 3. The van der Waals surface area contributed by atoms with Crippen LogP contribution in [0.3, 0.4) is 0 Å². The maximum Gasteiger partial charge on any atom is 0.159 e. The Balaban J connectivity index is 1.29. The van der Waals surface area contributed by atoms with Crippen molar-refractivity contribution >= 4 is 8.07 Å². The minimum absolute atomic E-state index is 0.739. The molecule has 0 bridgehead atoms. The van der Waals surface area contributed by atoms with E-state index in [0.717, 1.165) is 35.7 Å². The quantitative estimate of drug-likeness (QED) is 0.0850. The number of ether oxygens (including phenoxy) is 1. The molecule has 43 heavy (non-hydrogen) atoms. The second-order valence-corrected chi connectivity index (χ2v) is 19.2. The Labute approximate surface area is 265 Å². The van der Waals surface area contributed by atoms with Crippen LogP contribution in [0.15, 0.2) is 60.9 Å². The Hall–Kier alpha value is -2.46. The highest BCUT2D eigenvalue weighted by Crippen LogP contribution is 2.27. The fourth-order valence-corrected chi connectivity index (χ4v) is 7.29. The van der Waals surface area contributed by atoms with Gasteiger partial charge in [0.05, 0.1) is 19.0 Å². The van der Waals surface area contributed by atoms with Gasteiger partial charge in [-0.05, 0) is 36.0 Å². The van der Waals surface area contributed by atoms with Crippen molar-refractivity contribution in [2.24, 2.45) is 0 Å². The van der Waals surface area contributed by atoms with Gasteiger partial charge < -0.3 is 4.74 Å². The summed E-state index contributed by atoms with van der Waals surface area (Å²) in [4.78, 5) is 9.14. The SMILES string of the molecule is CCCCCCCCc1ccc(-c2ccc(-c3ncc(OCCCCCCCCCC[Si](C)(C)C(C)C)cn3)cc2)cc1. The molecular weight excluding hydrogens is 541 g/mol. The standard InChI is InChI=1S/C39H60N2OSi/c1-6-7-8-9-14-17-20-34-21-23-35(24-22-34)36-25-27-37(28-26-36)39-40-31-38(32-41-39)42-29-18-15-12-10-11-13-16-19-30-43(4,5)33(2)3/h21-28,31-33H,6-20,29-30H2,1-5H3. The molecule has 0 atom stereocenters. The van der Waals surface area contributed by atoms with Crippen LogP contribution in [0.25, 0.3) is 22.5 Å².